The molecule has 4 nitrogen and oxygen atoms in total. The molecular formula is C20H18FN3O. The molecule has 0 radical (unpaired) electrons. The summed E-state index contributed by atoms with van der Waals surface area (Å²) in [5, 5.41) is 0. The van der Waals surface area contributed by atoms with Crippen LogP contribution in [0.2, 0.25) is 0 Å². The van der Waals surface area contributed by atoms with Crippen molar-refractivity contribution in [2.75, 3.05) is 6.54 Å². The summed E-state index contributed by atoms with van der Waals surface area (Å²) >= 11 is 0. The highest BCUT2D eigenvalue weighted by molar-refractivity contribution is 5.94. The summed E-state index contributed by atoms with van der Waals surface area (Å²) in [4.78, 5) is 18.9. The Morgan fingerprint density at radius 2 is 1.92 bits per heavy atom. The first-order valence-electron chi connectivity index (χ1n) is 8.28. The van der Waals surface area contributed by atoms with Gasteiger partial charge in [0.25, 0.3) is 5.91 Å². The maximum absolute atomic E-state index is 13.5. The summed E-state index contributed by atoms with van der Waals surface area (Å²) in [6.45, 7) is 3.72. The van der Waals surface area contributed by atoms with Crippen LogP contribution in [-0.2, 0) is 13.1 Å². The Hall–Kier alpha value is -2.95. The minimum Gasteiger partial charge on any atom is -0.329 e. The SMILES string of the molecule is Cc1ccc(C(=O)N2CCn3c(-c4cccc(F)c4)cnc3C2)cc1. The molecule has 25 heavy (non-hydrogen) atoms. The number of aromatic nitrogens is 2. The molecule has 1 amide bonds. The van der Waals surface area contributed by atoms with Crippen LogP contribution in [0.5, 0.6) is 0 Å². The highest BCUT2D eigenvalue weighted by Crippen LogP contribution is 2.25. The first-order valence-corrected chi connectivity index (χ1v) is 8.28. The van der Waals surface area contributed by atoms with Crippen molar-refractivity contribution >= 4 is 5.91 Å². The van der Waals surface area contributed by atoms with E-state index >= 15 is 0 Å². The average Bonchev–Trinajstić information content (AvgIpc) is 3.05. The number of aryl methyl sites for hydroxylation is 1. The van der Waals surface area contributed by atoms with Crippen molar-refractivity contribution in [1.29, 1.82) is 0 Å². The molecule has 1 aromatic heterocycles. The second-order valence-corrected chi connectivity index (χ2v) is 6.31. The van der Waals surface area contributed by atoms with Crippen LogP contribution in [0.15, 0.2) is 54.7 Å². The molecule has 126 valence electrons. The molecule has 0 spiro atoms. The van der Waals surface area contributed by atoms with E-state index in [2.05, 4.69) is 9.55 Å². The molecule has 0 unspecified atom stereocenters. The van der Waals surface area contributed by atoms with Crippen molar-refractivity contribution in [3.8, 4) is 11.3 Å². The molecule has 0 atom stereocenters. The fourth-order valence-corrected chi connectivity index (χ4v) is 3.19. The lowest BCUT2D eigenvalue weighted by Crippen LogP contribution is -2.38. The van der Waals surface area contributed by atoms with Gasteiger partial charge in [-0.3, -0.25) is 4.79 Å². The van der Waals surface area contributed by atoms with Crippen molar-refractivity contribution < 1.29 is 9.18 Å². The molecule has 5 heteroatoms. The third kappa shape index (κ3) is 2.93. The first kappa shape index (κ1) is 15.6. The summed E-state index contributed by atoms with van der Waals surface area (Å²) in [6, 6.07) is 14.1. The zero-order valence-corrected chi connectivity index (χ0v) is 13.9. The van der Waals surface area contributed by atoms with E-state index in [0.717, 1.165) is 22.6 Å². The number of fused-ring (bicyclic) bond motifs is 1. The second-order valence-electron chi connectivity index (χ2n) is 6.31. The van der Waals surface area contributed by atoms with E-state index in [-0.39, 0.29) is 11.7 Å². The molecule has 0 bridgehead atoms. The Balaban J connectivity index is 1.58. The number of carbonyl (C=O) groups excluding carboxylic acids is 1. The number of nitrogens with zero attached hydrogens (tertiary/aromatic N) is 3. The normalized spacial score (nSPS) is 13.6. The topological polar surface area (TPSA) is 38.1 Å². The number of carbonyl (C=O) groups is 1. The summed E-state index contributed by atoms with van der Waals surface area (Å²) in [6.07, 6.45) is 1.75. The molecule has 2 aromatic carbocycles. The zero-order valence-electron chi connectivity index (χ0n) is 13.9. The standard InChI is InChI=1S/C20H18FN3O/c1-14-5-7-15(8-6-14)20(25)23-9-10-24-18(12-22-19(24)13-23)16-3-2-4-17(21)11-16/h2-8,11-12H,9-10,13H2,1H3. The minimum absolute atomic E-state index is 0.0153. The van der Waals surface area contributed by atoms with Gasteiger partial charge in [0.05, 0.1) is 18.4 Å². The number of imidazole rings is 1. The highest BCUT2D eigenvalue weighted by atomic mass is 19.1. The molecule has 0 aliphatic carbocycles. The smallest absolute Gasteiger partial charge is 0.254 e. The van der Waals surface area contributed by atoms with Gasteiger partial charge in [0.1, 0.15) is 11.6 Å². The van der Waals surface area contributed by atoms with Crippen LogP contribution in [-0.4, -0.2) is 26.9 Å². The van der Waals surface area contributed by atoms with Gasteiger partial charge in [0.15, 0.2) is 0 Å². The van der Waals surface area contributed by atoms with E-state index in [9.17, 15) is 9.18 Å². The van der Waals surface area contributed by atoms with Gasteiger partial charge >= 0.3 is 0 Å². The lowest BCUT2D eigenvalue weighted by Gasteiger charge is -2.28. The van der Waals surface area contributed by atoms with Crippen molar-refractivity contribution in [1.82, 2.24) is 14.5 Å². The van der Waals surface area contributed by atoms with Gasteiger partial charge in [-0.25, -0.2) is 9.37 Å². The maximum atomic E-state index is 13.5. The van der Waals surface area contributed by atoms with Gasteiger partial charge < -0.3 is 9.47 Å². The second kappa shape index (κ2) is 6.16. The lowest BCUT2D eigenvalue weighted by molar-refractivity contribution is 0.0708. The van der Waals surface area contributed by atoms with Crippen LogP contribution in [0, 0.1) is 12.7 Å². The molecule has 0 fully saturated rings. The Bertz CT molecular complexity index is 930. The molecular weight excluding hydrogens is 317 g/mol. The molecule has 0 N–H and O–H groups in total. The Morgan fingerprint density at radius 1 is 1.12 bits per heavy atom. The third-order valence-corrected chi connectivity index (χ3v) is 4.57. The molecule has 0 saturated carbocycles. The van der Waals surface area contributed by atoms with Crippen molar-refractivity contribution in [3.05, 3.63) is 77.5 Å². The summed E-state index contributed by atoms with van der Waals surface area (Å²) in [5.74, 6) is 0.576. The van der Waals surface area contributed by atoms with Crippen LogP contribution in [0.4, 0.5) is 4.39 Å². The highest BCUT2D eigenvalue weighted by Gasteiger charge is 2.24. The quantitative estimate of drug-likeness (QED) is 0.717. The third-order valence-electron chi connectivity index (χ3n) is 4.57. The predicted octanol–water partition coefficient (Wildman–Crippen LogP) is 3.65. The van der Waals surface area contributed by atoms with Crippen molar-refractivity contribution in [3.63, 3.8) is 0 Å². The Labute approximate surface area is 145 Å². The van der Waals surface area contributed by atoms with E-state index in [1.807, 2.05) is 42.2 Å². The molecule has 2 heterocycles. The Kier molecular flexibility index (Phi) is 3.84. The zero-order chi connectivity index (χ0) is 17.4. The number of benzene rings is 2. The number of amides is 1. The number of rotatable bonds is 2. The van der Waals surface area contributed by atoms with Crippen molar-refractivity contribution in [2.45, 2.75) is 20.0 Å². The van der Waals surface area contributed by atoms with Gasteiger partial charge in [-0.15, -0.1) is 0 Å². The Morgan fingerprint density at radius 3 is 2.68 bits per heavy atom. The fourth-order valence-electron chi connectivity index (χ4n) is 3.19. The predicted molar refractivity (Wildman–Crippen MR) is 93.5 cm³/mol. The van der Waals surface area contributed by atoms with Gasteiger partial charge in [-0.2, -0.15) is 0 Å². The van der Waals surface area contributed by atoms with Gasteiger partial charge in [0.2, 0.25) is 0 Å². The lowest BCUT2D eigenvalue weighted by atomic mass is 10.1. The largest absolute Gasteiger partial charge is 0.329 e. The van der Waals surface area contributed by atoms with E-state index in [4.69, 9.17) is 0 Å². The summed E-state index contributed by atoms with van der Waals surface area (Å²) in [7, 11) is 0. The van der Waals surface area contributed by atoms with Gasteiger partial charge in [-0.1, -0.05) is 29.8 Å². The van der Waals surface area contributed by atoms with Crippen LogP contribution in [0.1, 0.15) is 21.7 Å². The first-order chi connectivity index (χ1) is 12.1. The van der Waals surface area contributed by atoms with E-state index in [1.54, 1.807) is 12.3 Å². The molecule has 3 aromatic rings. The van der Waals surface area contributed by atoms with E-state index in [1.165, 1.54) is 12.1 Å². The molecule has 4 rings (SSSR count). The fraction of sp³-hybridized carbons (Fsp3) is 0.200. The number of hydrogen-bond donors (Lipinski definition) is 0. The van der Waals surface area contributed by atoms with Crippen LogP contribution >= 0.6 is 0 Å². The van der Waals surface area contributed by atoms with Crippen LogP contribution in [0.25, 0.3) is 11.3 Å². The van der Waals surface area contributed by atoms with Crippen LogP contribution < -0.4 is 0 Å². The van der Waals surface area contributed by atoms with Crippen LogP contribution in [0.3, 0.4) is 0 Å². The van der Waals surface area contributed by atoms with Gasteiger partial charge in [-0.05, 0) is 31.2 Å². The average molecular weight is 335 g/mol. The van der Waals surface area contributed by atoms with Crippen molar-refractivity contribution in [2.24, 2.45) is 0 Å². The van der Waals surface area contributed by atoms with E-state index < -0.39 is 0 Å². The van der Waals surface area contributed by atoms with Gasteiger partial charge in [0, 0.05) is 24.2 Å². The maximum Gasteiger partial charge on any atom is 0.254 e. The number of halogens is 1. The molecule has 1 aliphatic heterocycles. The monoisotopic (exact) mass is 335 g/mol. The van der Waals surface area contributed by atoms with E-state index in [0.29, 0.717) is 25.2 Å². The molecule has 1 aliphatic rings. The summed E-state index contributed by atoms with van der Waals surface area (Å²) in [5.41, 5.74) is 3.51. The minimum atomic E-state index is -0.264. The molecule has 0 saturated heterocycles. The number of hydrogen-bond acceptors (Lipinski definition) is 2. The summed E-state index contributed by atoms with van der Waals surface area (Å²) < 4.78 is 15.6.